The van der Waals surface area contributed by atoms with Crippen LogP contribution < -0.4 is 24.6 Å². The zero-order valence-corrected chi connectivity index (χ0v) is 32.0. The highest BCUT2D eigenvalue weighted by Crippen LogP contribution is 2.47. The number of nitrogens with zero attached hydrogens (tertiary/aromatic N) is 4. The Balaban J connectivity index is 0.790. The Bertz CT molecular complexity index is 2100. The monoisotopic (exact) mass is 759 g/mol. The molecule has 9 rings (SSSR count). The molecule has 5 aliphatic rings. The molecule has 56 heavy (non-hydrogen) atoms. The minimum atomic E-state index is -0.347. The van der Waals surface area contributed by atoms with Gasteiger partial charge in [-0.25, -0.2) is 4.39 Å². The lowest BCUT2D eigenvalue weighted by Crippen LogP contribution is -2.50. The van der Waals surface area contributed by atoms with Crippen molar-refractivity contribution in [2.75, 3.05) is 69.3 Å². The van der Waals surface area contributed by atoms with E-state index < -0.39 is 0 Å². The Hall–Kier alpha value is -5.13. The van der Waals surface area contributed by atoms with Crippen LogP contribution >= 0.6 is 0 Å². The molecule has 292 valence electrons. The van der Waals surface area contributed by atoms with Gasteiger partial charge in [0, 0.05) is 94.5 Å². The van der Waals surface area contributed by atoms with Gasteiger partial charge in [-0.2, -0.15) is 0 Å². The van der Waals surface area contributed by atoms with E-state index in [0.717, 1.165) is 92.4 Å². The number of amides is 2. The normalized spacial score (nSPS) is 23.4. The number of fused-ring (bicyclic) bond motifs is 2. The van der Waals surface area contributed by atoms with Crippen LogP contribution in [-0.2, 0) is 22.7 Å². The predicted molar refractivity (Wildman–Crippen MR) is 213 cm³/mol. The van der Waals surface area contributed by atoms with E-state index in [1.165, 1.54) is 11.3 Å². The molecule has 2 amide bonds. The average molecular weight is 760 g/mol. The van der Waals surface area contributed by atoms with Crippen molar-refractivity contribution in [1.82, 2.24) is 15.1 Å². The van der Waals surface area contributed by atoms with Crippen LogP contribution in [0.15, 0.2) is 78.9 Å². The Morgan fingerprint density at radius 1 is 0.839 bits per heavy atom. The standard InChI is InChI=1S/C45H50FN5O5/c1-55-36-4-2-3-31(21-36)38-28-56-42-24-35(52)9-10-37(42)44(38)30-5-7-34(8-6-30)49-15-13-29(14-16-49)25-48-17-19-50(20-18-48)41-23-33-27-51(26-32(33)22-39(41)46)40-11-12-43(53)47-45(40)54/h2-10,21-24,29,38,40,44,52H,11-20,25-28H2,1H3,(H,47,53,54). The highest BCUT2D eigenvalue weighted by atomic mass is 19.1. The highest BCUT2D eigenvalue weighted by Gasteiger charge is 2.37. The number of carbonyl (C=O) groups excluding carboxylic acids is 2. The number of halogens is 1. The molecule has 0 saturated carbocycles. The predicted octanol–water partition coefficient (Wildman–Crippen LogP) is 6.01. The van der Waals surface area contributed by atoms with E-state index in [9.17, 15) is 14.7 Å². The number of rotatable bonds is 8. The van der Waals surface area contributed by atoms with Gasteiger partial charge in [0.1, 0.15) is 23.1 Å². The van der Waals surface area contributed by atoms with Crippen LogP contribution in [0.5, 0.6) is 17.2 Å². The molecule has 5 aliphatic heterocycles. The lowest BCUT2D eigenvalue weighted by molar-refractivity contribution is -0.137. The van der Waals surface area contributed by atoms with Crippen LogP contribution in [0.1, 0.15) is 65.3 Å². The fraction of sp³-hybridized carbons (Fsp3) is 0.422. The summed E-state index contributed by atoms with van der Waals surface area (Å²) in [6.45, 7) is 8.13. The lowest BCUT2D eigenvalue weighted by atomic mass is 9.76. The molecule has 4 aromatic rings. The van der Waals surface area contributed by atoms with Gasteiger partial charge in [-0.15, -0.1) is 0 Å². The van der Waals surface area contributed by atoms with Crippen LogP contribution in [0, 0.1) is 11.7 Å². The van der Waals surface area contributed by atoms with E-state index >= 15 is 4.39 Å². The zero-order chi connectivity index (χ0) is 38.3. The lowest BCUT2D eigenvalue weighted by Gasteiger charge is -2.40. The molecule has 3 atom stereocenters. The van der Waals surface area contributed by atoms with E-state index in [2.05, 4.69) is 61.3 Å². The number of piperazine rings is 1. The fourth-order valence-electron chi connectivity index (χ4n) is 9.70. The second-order valence-electron chi connectivity index (χ2n) is 16.1. The average Bonchev–Trinajstić information content (AvgIpc) is 3.63. The van der Waals surface area contributed by atoms with E-state index in [4.69, 9.17) is 9.47 Å². The van der Waals surface area contributed by atoms with Crippen molar-refractivity contribution in [2.24, 2.45) is 5.92 Å². The summed E-state index contributed by atoms with van der Waals surface area (Å²) >= 11 is 0. The number of phenolic OH excluding ortho intramolecular Hbond substituents is 1. The number of methoxy groups -OCH3 is 1. The molecule has 0 bridgehead atoms. The number of ether oxygens (including phenoxy) is 2. The van der Waals surface area contributed by atoms with Crippen LogP contribution in [0.2, 0.25) is 0 Å². The number of nitrogens with one attached hydrogen (secondary N) is 1. The van der Waals surface area contributed by atoms with E-state index in [1.807, 2.05) is 24.3 Å². The van der Waals surface area contributed by atoms with Gasteiger partial charge in [-0.3, -0.25) is 24.7 Å². The van der Waals surface area contributed by atoms with Gasteiger partial charge in [0.2, 0.25) is 11.8 Å². The molecular formula is C45H50FN5O5. The number of hydrogen-bond acceptors (Lipinski definition) is 9. The number of anilines is 2. The maximum absolute atomic E-state index is 15.5. The summed E-state index contributed by atoms with van der Waals surface area (Å²) in [6, 6.07) is 26.0. The van der Waals surface area contributed by atoms with E-state index in [1.54, 1.807) is 25.3 Å². The first-order valence-corrected chi connectivity index (χ1v) is 20.1. The first kappa shape index (κ1) is 36.5. The van der Waals surface area contributed by atoms with Gasteiger partial charge in [0.05, 0.1) is 25.4 Å². The third-order valence-electron chi connectivity index (χ3n) is 12.8. The minimum Gasteiger partial charge on any atom is -0.508 e. The van der Waals surface area contributed by atoms with Crippen LogP contribution in [0.3, 0.4) is 0 Å². The number of benzene rings is 4. The van der Waals surface area contributed by atoms with Crippen molar-refractivity contribution < 1.29 is 28.6 Å². The molecule has 0 aromatic heterocycles. The largest absolute Gasteiger partial charge is 0.508 e. The minimum absolute atomic E-state index is 0.0706. The first-order valence-electron chi connectivity index (χ1n) is 20.1. The third kappa shape index (κ3) is 7.30. The zero-order valence-electron chi connectivity index (χ0n) is 32.0. The number of hydrogen-bond donors (Lipinski definition) is 2. The Labute approximate surface area is 327 Å². The van der Waals surface area contributed by atoms with Crippen molar-refractivity contribution in [3.63, 3.8) is 0 Å². The number of carbonyl (C=O) groups is 2. The molecule has 3 fully saturated rings. The molecule has 10 nitrogen and oxygen atoms in total. The molecular weight excluding hydrogens is 710 g/mol. The number of aromatic hydroxyl groups is 1. The quantitative estimate of drug-likeness (QED) is 0.210. The summed E-state index contributed by atoms with van der Waals surface area (Å²) < 4.78 is 27.2. The molecule has 2 N–H and O–H groups in total. The maximum atomic E-state index is 15.5. The summed E-state index contributed by atoms with van der Waals surface area (Å²) in [5, 5.41) is 12.6. The molecule has 0 spiro atoms. The number of piperidine rings is 2. The number of phenols is 1. The van der Waals surface area contributed by atoms with Gasteiger partial charge >= 0.3 is 0 Å². The van der Waals surface area contributed by atoms with Gasteiger partial charge in [-0.1, -0.05) is 30.3 Å². The highest BCUT2D eigenvalue weighted by molar-refractivity contribution is 6.00. The van der Waals surface area contributed by atoms with Crippen LogP contribution in [0.25, 0.3) is 0 Å². The van der Waals surface area contributed by atoms with Crippen LogP contribution in [-0.4, -0.2) is 92.3 Å². The smallest absolute Gasteiger partial charge is 0.243 e. The van der Waals surface area contributed by atoms with Gasteiger partial charge in [0.15, 0.2) is 0 Å². The fourth-order valence-corrected chi connectivity index (χ4v) is 9.70. The Kier molecular flexibility index (Phi) is 10.1. The first-order chi connectivity index (χ1) is 27.3. The molecule has 3 unspecified atom stereocenters. The molecule has 11 heteroatoms. The molecule has 5 heterocycles. The molecule has 0 radical (unpaired) electrons. The summed E-state index contributed by atoms with van der Waals surface area (Å²) in [5.41, 5.74) is 7.37. The van der Waals surface area contributed by atoms with Crippen molar-refractivity contribution in [1.29, 1.82) is 0 Å². The third-order valence-corrected chi connectivity index (χ3v) is 12.8. The Morgan fingerprint density at radius 3 is 2.36 bits per heavy atom. The SMILES string of the molecule is COc1cccc(C2COc3cc(O)ccc3C2c2ccc(N3CCC(CN4CCN(c5cc6c(cc5F)CN(C5CCC(=O)NC5=O)C6)CC4)CC3)cc2)c1. The second-order valence-corrected chi connectivity index (χ2v) is 16.1. The van der Waals surface area contributed by atoms with Crippen molar-refractivity contribution in [3.8, 4) is 17.2 Å². The summed E-state index contributed by atoms with van der Waals surface area (Å²) in [7, 11) is 1.69. The molecule has 0 aliphatic carbocycles. The maximum Gasteiger partial charge on any atom is 0.243 e. The van der Waals surface area contributed by atoms with E-state index in [0.29, 0.717) is 44.1 Å². The van der Waals surface area contributed by atoms with Gasteiger partial charge in [0.25, 0.3) is 0 Å². The van der Waals surface area contributed by atoms with Crippen molar-refractivity contribution in [2.45, 2.75) is 56.7 Å². The van der Waals surface area contributed by atoms with Crippen LogP contribution in [0.4, 0.5) is 15.8 Å². The summed E-state index contributed by atoms with van der Waals surface area (Å²) in [4.78, 5) is 33.4. The summed E-state index contributed by atoms with van der Waals surface area (Å²) in [5.74, 6) is 1.90. The van der Waals surface area contributed by atoms with Gasteiger partial charge < -0.3 is 24.4 Å². The second kappa shape index (κ2) is 15.4. The summed E-state index contributed by atoms with van der Waals surface area (Å²) in [6.07, 6.45) is 3.13. The molecule has 4 aromatic carbocycles. The molecule has 3 saturated heterocycles. The Morgan fingerprint density at radius 2 is 1.61 bits per heavy atom. The van der Waals surface area contributed by atoms with Gasteiger partial charge in [-0.05, 0) is 89.9 Å². The van der Waals surface area contributed by atoms with Crippen molar-refractivity contribution in [3.05, 3.63) is 112 Å². The van der Waals surface area contributed by atoms with E-state index in [-0.39, 0.29) is 41.3 Å². The topological polar surface area (TPSA) is 97.8 Å². The van der Waals surface area contributed by atoms with Crippen molar-refractivity contribution >= 4 is 23.2 Å². The number of imide groups is 1.